The fraction of sp³-hybridized carbons (Fsp3) is 0.579. The molecule has 2 amide bonds. The van der Waals surface area contributed by atoms with Crippen molar-refractivity contribution in [1.82, 2.24) is 4.90 Å². The Kier molecular flexibility index (Phi) is 3.83. The SMILES string of the molecule is O=C1C(O)CCCCN1CC(=O)N1CC2(CCC2)c2ccccc21. The number of para-hydroxylation sites is 1. The molecule has 128 valence electrons. The van der Waals surface area contributed by atoms with Crippen LogP contribution in [0.15, 0.2) is 24.3 Å². The van der Waals surface area contributed by atoms with Gasteiger partial charge in [-0.3, -0.25) is 9.59 Å². The molecular weight excluding hydrogens is 304 g/mol. The molecule has 1 aromatic carbocycles. The third kappa shape index (κ3) is 2.42. The zero-order chi connectivity index (χ0) is 16.7. The average Bonchev–Trinajstić information content (AvgIpc) is 2.84. The number of aliphatic hydroxyl groups excluding tert-OH is 1. The molecule has 4 rings (SSSR count). The van der Waals surface area contributed by atoms with E-state index < -0.39 is 6.10 Å². The van der Waals surface area contributed by atoms with Gasteiger partial charge in [-0.1, -0.05) is 24.6 Å². The number of fused-ring (bicyclic) bond motifs is 2. The first-order valence-electron chi connectivity index (χ1n) is 8.97. The van der Waals surface area contributed by atoms with Crippen LogP contribution in [0.3, 0.4) is 0 Å². The largest absolute Gasteiger partial charge is 0.383 e. The molecule has 2 aliphatic heterocycles. The first-order valence-corrected chi connectivity index (χ1v) is 8.97. The van der Waals surface area contributed by atoms with E-state index in [2.05, 4.69) is 6.07 Å². The number of carbonyl (C=O) groups is 2. The van der Waals surface area contributed by atoms with Crippen LogP contribution in [0.2, 0.25) is 0 Å². The van der Waals surface area contributed by atoms with Gasteiger partial charge in [0.2, 0.25) is 5.91 Å². The summed E-state index contributed by atoms with van der Waals surface area (Å²) in [6.45, 7) is 1.36. The van der Waals surface area contributed by atoms with E-state index in [1.165, 1.54) is 16.9 Å². The zero-order valence-electron chi connectivity index (χ0n) is 13.9. The van der Waals surface area contributed by atoms with E-state index >= 15 is 0 Å². The van der Waals surface area contributed by atoms with Gasteiger partial charge in [-0.25, -0.2) is 0 Å². The molecule has 0 bridgehead atoms. The molecule has 2 fully saturated rings. The minimum absolute atomic E-state index is 0.0336. The molecule has 24 heavy (non-hydrogen) atoms. The number of hydrogen-bond donors (Lipinski definition) is 1. The Morgan fingerprint density at radius 1 is 1.21 bits per heavy atom. The molecule has 1 aliphatic carbocycles. The minimum atomic E-state index is -0.955. The van der Waals surface area contributed by atoms with Gasteiger partial charge < -0.3 is 14.9 Å². The molecule has 5 heteroatoms. The van der Waals surface area contributed by atoms with Gasteiger partial charge in [-0.05, 0) is 43.7 Å². The average molecular weight is 328 g/mol. The Balaban J connectivity index is 1.54. The van der Waals surface area contributed by atoms with Crippen LogP contribution < -0.4 is 4.90 Å². The molecule has 1 spiro atoms. The Labute approximate surface area is 142 Å². The molecule has 3 aliphatic rings. The second-order valence-corrected chi connectivity index (χ2v) is 7.40. The van der Waals surface area contributed by atoms with Gasteiger partial charge in [0.05, 0.1) is 0 Å². The van der Waals surface area contributed by atoms with Crippen LogP contribution in [0.1, 0.15) is 44.1 Å². The maximum atomic E-state index is 12.9. The molecule has 1 atom stereocenters. The maximum absolute atomic E-state index is 12.9. The molecule has 1 saturated heterocycles. The Morgan fingerprint density at radius 3 is 2.75 bits per heavy atom. The first-order chi connectivity index (χ1) is 11.6. The number of carbonyl (C=O) groups excluding carboxylic acids is 2. The Hall–Kier alpha value is -1.88. The number of likely N-dealkylation sites (tertiary alicyclic amines) is 1. The number of hydrogen-bond acceptors (Lipinski definition) is 3. The molecule has 0 radical (unpaired) electrons. The minimum Gasteiger partial charge on any atom is -0.383 e. The first kappa shape index (κ1) is 15.6. The Morgan fingerprint density at radius 2 is 2.00 bits per heavy atom. The van der Waals surface area contributed by atoms with Gasteiger partial charge >= 0.3 is 0 Å². The van der Waals surface area contributed by atoms with Crippen LogP contribution in [0.25, 0.3) is 0 Å². The van der Waals surface area contributed by atoms with Crippen LogP contribution in [-0.2, 0) is 15.0 Å². The van der Waals surface area contributed by atoms with Crippen molar-refractivity contribution < 1.29 is 14.7 Å². The van der Waals surface area contributed by atoms with Gasteiger partial charge in [0.1, 0.15) is 12.6 Å². The highest BCUT2D eigenvalue weighted by Gasteiger charge is 2.48. The third-order valence-electron chi connectivity index (χ3n) is 5.92. The van der Waals surface area contributed by atoms with Gasteiger partial charge in [0.15, 0.2) is 0 Å². The lowest BCUT2D eigenvalue weighted by molar-refractivity contribution is -0.142. The van der Waals surface area contributed by atoms with Crippen LogP contribution in [-0.4, -0.2) is 47.6 Å². The molecule has 1 unspecified atom stereocenters. The van der Waals surface area contributed by atoms with E-state index in [1.807, 2.05) is 23.1 Å². The maximum Gasteiger partial charge on any atom is 0.251 e. The predicted molar refractivity (Wildman–Crippen MR) is 90.8 cm³/mol. The topological polar surface area (TPSA) is 60.9 Å². The van der Waals surface area contributed by atoms with Crippen molar-refractivity contribution in [3.63, 3.8) is 0 Å². The molecule has 0 aromatic heterocycles. The summed E-state index contributed by atoms with van der Waals surface area (Å²) in [5, 5.41) is 9.88. The molecule has 1 saturated carbocycles. The van der Waals surface area contributed by atoms with Gasteiger partial charge in [0.25, 0.3) is 5.91 Å². The summed E-state index contributed by atoms with van der Waals surface area (Å²) in [6, 6.07) is 8.17. The number of aliphatic hydroxyl groups is 1. The zero-order valence-corrected chi connectivity index (χ0v) is 13.9. The Bertz CT molecular complexity index is 668. The fourth-order valence-corrected chi connectivity index (χ4v) is 4.37. The highest BCUT2D eigenvalue weighted by molar-refractivity contribution is 5.99. The summed E-state index contributed by atoms with van der Waals surface area (Å²) < 4.78 is 0. The monoisotopic (exact) mass is 328 g/mol. The van der Waals surface area contributed by atoms with E-state index in [9.17, 15) is 14.7 Å². The summed E-state index contributed by atoms with van der Waals surface area (Å²) in [7, 11) is 0. The van der Waals surface area contributed by atoms with E-state index in [4.69, 9.17) is 0 Å². The van der Waals surface area contributed by atoms with Crippen molar-refractivity contribution in [1.29, 1.82) is 0 Å². The lowest BCUT2D eigenvalue weighted by Crippen LogP contribution is -2.47. The van der Waals surface area contributed by atoms with E-state index in [0.717, 1.165) is 37.9 Å². The highest BCUT2D eigenvalue weighted by Crippen LogP contribution is 2.52. The molecule has 1 aromatic rings. The molecule has 2 heterocycles. The number of rotatable bonds is 2. The molecule has 5 nitrogen and oxygen atoms in total. The lowest BCUT2D eigenvalue weighted by atomic mass is 9.66. The number of amides is 2. The van der Waals surface area contributed by atoms with Gasteiger partial charge in [0, 0.05) is 24.2 Å². The summed E-state index contributed by atoms with van der Waals surface area (Å²) in [6.07, 6.45) is 4.70. The van der Waals surface area contributed by atoms with Crippen LogP contribution in [0.4, 0.5) is 5.69 Å². The predicted octanol–water partition coefficient (Wildman–Crippen LogP) is 1.83. The standard InChI is InChI=1S/C19H24N2O3/c22-16-8-3-4-11-20(18(16)24)12-17(23)21-13-19(9-5-10-19)14-6-1-2-7-15(14)21/h1-2,6-7,16,22H,3-5,8-13H2. The van der Waals surface area contributed by atoms with Gasteiger partial charge in [-0.2, -0.15) is 0 Å². The van der Waals surface area contributed by atoms with Crippen molar-refractivity contribution in [3.8, 4) is 0 Å². The second-order valence-electron chi connectivity index (χ2n) is 7.40. The fourth-order valence-electron chi connectivity index (χ4n) is 4.37. The van der Waals surface area contributed by atoms with Crippen LogP contribution in [0, 0.1) is 0 Å². The third-order valence-corrected chi connectivity index (χ3v) is 5.92. The number of benzene rings is 1. The van der Waals surface area contributed by atoms with Gasteiger partial charge in [-0.15, -0.1) is 0 Å². The lowest BCUT2D eigenvalue weighted by Gasteiger charge is -2.39. The van der Waals surface area contributed by atoms with Crippen molar-refractivity contribution >= 4 is 17.5 Å². The smallest absolute Gasteiger partial charge is 0.251 e. The van der Waals surface area contributed by atoms with E-state index in [1.54, 1.807) is 0 Å². The van der Waals surface area contributed by atoms with Crippen molar-refractivity contribution in [2.75, 3.05) is 24.5 Å². The summed E-state index contributed by atoms with van der Waals surface area (Å²) in [5.41, 5.74) is 2.42. The normalized spacial score (nSPS) is 25.4. The highest BCUT2D eigenvalue weighted by atomic mass is 16.3. The molecular formula is C19H24N2O3. The van der Waals surface area contributed by atoms with Crippen molar-refractivity contribution in [3.05, 3.63) is 29.8 Å². The quantitative estimate of drug-likeness (QED) is 0.901. The van der Waals surface area contributed by atoms with E-state index in [-0.39, 0.29) is 23.8 Å². The molecule has 1 N–H and O–H groups in total. The van der Waals surface area contributed by atoms with E-state index in [0.29, 0.717) is 13.0 Å². The van der Waals surface area contributed by atoms with Crippen molar-refractivity contribution in [2.45, 2.75) is 50.0 Å². The van der Waals surface area contributed by atoms with Crippen LogP contribution >= 0.6 is 0 Å². The second kappa shape index (κ2) is 5.88. The number of anilines is 1. The van der Waals surface area contributed by atoms with Crippen LogP contribution in [0.5, 0.6) is 0 Å². The summed E-state index contributed by atoms with van der Waals surface area (Å²) in [5.74, 6) is -0.333. The summed E-state index contributed by atoms with van der Waals surface area (Å²) >= 11 is 0. The summed E-state index contributed by atoms with van der Waals surface area (Å²) in [4.78, 5) is 28.6. The van der Waals surface area contributed by atoms with Crippen molar-refractivity contribution in [2.24, 2.45) is 0 Å². The number of nitrogens with zero attached hydrogens (tertiary/aromatic N) is 2.